The molecule has 2 aliphatic rings. The summed E-state index contributed by atoms with van der Waals surface area (Å²) in [5, 5.41) is 3.46. The van der Waals surface area contributed by atoms with Gasteiger partial charge in [0.1, 0.15) is 0 Å². The molecule has 1 saturated heterocycles. The van der Waals surface area contributed by atoms with Crippen LogP contribution in [-0.4, -0.2) is 63.2 Å². The first-order valence-corrected chi connectivity index (χ1v) is 8.71. The van der Waals surface area contributed by atoms with Crippen LogP contribution in [0.4, 0.5) is 0 Å². The topological polar surface area (TPSA) is 18.5 Å². The lowest BCUT2D eigenvalue weighted by atomic mass is 9.67. The smallest absolute Gasteiger partial charge is 0.0107 e. The summed E-state index contributed by atoms with van der Waals surface area (Å²) in [7, 11) is 4.42. The molecular weight excluding hydrogens is 246 g/mol. The van der Waals surface area contributed by atoms with Gasteiger partial charge < -0.3 is 15.1 Å². The van der Waals surface area contributed by atoms with Gasteiger partial charge >= 0.3 is 0 Å². The highest BCUT2D eigenvalue weighted by Gasteiger charge is 2.34. The van der Waals surface area contributed by atoms with Gasteiger partial charge in [0.15, 0.2) is 0 Å². The summed E-state index contributed by atoms with van der Waals surface area (Å²) in [5.74, 6) is 0.965. The van der Waals surface area contributed by atoms with Gasteiger partial charge in [-0.25, -0.2) is 0 Å². The zero-order valence-corrected chi connectivity index (χ0v) is 14.0. The van der Waals surface area contributed by atoms with Gasteiger partial charge in [0.2, 0.25) is 0 Å². The van der Waals surface area contributed by atoms with Crippen molar-refractivity contribution in [1.82, 2.24) is 15.1 Å². The van der Waals surface area contributed by atoms with E-state index in [1.54, 1.807) is 0 Å². The summed E-state index contributed by atoms with van der Waals surface area (Å²) in [4.78, 5) is 5.03. The Morgan fingerprint density at radius 2 is 1.80 bits per heavy atom. The van der Waals surface area contributed by atoms with E-state index in [0.29, 0.717) is 5.41 Å². The molecule has 0 aromatic rings. The minimum absolute atomic E-state index is 0.657. The molecule has 2 rings (SSSR count). The normalized spacial score (nSPS) is 32.7. The predicted octanol–water partition coefficient (Wildman–Crippen LogP) is 2.43. The molecule has 0 aromatic heterocycles. The van der Waals surface area contributed by atoms with Crippen molar-refractivity contribution in [3.63, 3.8) is 0 Å². The standard InChI is InChI=1S/C17H35N3/c1-4-17(9-12-19(2)3)7-5-16(6-8-17)15-20-13-10-18-11-14-20/h16,18H,4-15H2,1-3H3. The molecule has 1 aliphatic carbocycles. The average molecular weight is 281 g/mol. The molecule has 0 amide bonds. The third kappa shape index (κ3) is 4.71. The van der Waals surface area contributed by atoms with E-state index in [1.165, 1.54) is 77.8 Å². The lowest BCUT2D eigenvalue weighted by Crippen LogP contribution is -2.46. The van der Waals surface area contributed by atoms with Crippen LogP contribution >= 0.6 is 0 Å². The monoisotopic (exact) mass is 281 g/mol. The van der Waals surface area contributed by atoms with Gasteiger partial charge in [0, 0.05) is 32.7 Å². The van der Waals surface area contributed by atoms with E-state index < -0.39 is 0 Å². The Morgan fingerprint density at radius 1 is 1.15 bits per heavy atom. The molecule has 0 bridgehead atoms. The van der Waals surface area contributed by atoms with E-state index in [1.807, 2.05) is 0 Å². The number of rotatable bonds is 6. The second-order valence-electron chi connectivity index (χ2n) is 7.40. The lowest BCUT2D eigenvalue weighted by Gasteiger charge is -2.42. The summed E-state index contributed by atoms with van der Waals surface area (Å²) in [5.41, 5.74) is 0.657. The Morgan fingerprint density at radius 3 is 2.35 bits per heavy atom. The van der Waals surface area contributed by atoms with Crippen LogP contribution in [0.5, 0.6) is 0 Å². The Labute approximate surface area is 126 Å². The second kappa shape index (κ2) is 7.77. The average Bonchev–Trinajstić information content (AvgIpc) is 2.48. The molecule has 1 saturated carbocycles. The van der Waals surface area contributed by atoms with Gasteiger partial charge in [-0.05, 0) is 64.1 Å². The first-order valence-electron chi connectivity index (χ1n) is 8.71. The number of nitrogens with zero attached hydrogens (tertiary/aromatic N) is 2. The molecule has 1 N–H and O–H groups in total. The number of piperazine rings is 1. The van der Waals surface area contributed by atoms with Crippen LogP contribution in [-0.2, 0) is 0 Å². The van der Waals surface area contributed by atoms with Gasteiger partial charge in [-0.15, -0.1) is 0 Å². The maximum Gasteiger partial charge on any atom is 0.0107 e. The maximum absolute atomic E-state index is 3.46. The third-order valence-electron chi connectivity index (χ3n) is 5.73. The van der Waals surface area contributed by atoms with Crippen molar-refractivity contribution in [2.75, 3.05) is 53.4 Å². The van der Waals surface area contributed by atoms with E-state index in [9.17, 15) is 0 Å². The number of hydrogen-bond donors (Lipinski definition) is 1. The largest absolute Gasteiger partial charge is 0.314 e. The zero-order valence-electron chi connectivity index (χ0n) is 14.0. The number of nitrogens with one attached hydrogen (secondary N) is 1. The Hall–Kier alpha value is -0.120. The Balaban J connectivity index is 1.74. The van der Waals surface area contributed by atoms with Gasteiger partial charge in [-0.2, -0.15) is 0 Å². The molecule has 0 spiro atoms. The molecule has 118 valence electrons. The van der Waals surface area contributed by atoms with Crippen LogP contribution < -0.4 is 5.32 Å². The molecule has 20 heavy (non-hydrogen) atoms. The van der Waals surface area contributed by atoms with Crippen molar-refractivity contribution in [2.24, 2.45) is 11.3 Å². The molecule has 0 radical (unpaired) electrons. The minimum Gasteiger partial charge on any atom is -0.314 e. The van der Waals surface area contributed by atoms with Crippen LogP contribution in [0.2, 0.25) is 0 Å². The van der Waals surface area contributed by atoms with Gasteiger partial charge in [-0.1, -0.05) is 13.3 Å². The van der Waals surface area contributed by atoms with Gasteiger partial charge in [0.05, 0.1) is 0 Å². The van der Waals surface area contributed by atoms with E-state index in [0.717, 1.165) is 5.92 Å². The molecule has 1 aliphatic heterocycles. The third-order valence-corrected chi connectivity index (χ3v) is 5.73. The highest BCUT2D eigenvalue weighted by atomic mass is 15.2. The second-order valence-corrected chi connectivity index (χ2v) is 7.40. The molecular formula is C17H35N3. The quantitative estimate of drug-likeness (QED) is 0.807. The van der Waals surface area contributed by atoms with Crippen molar-refractivity contribution in [1.29, 1.82) is 0 Å². The highest BCUT2D eigenvalue weighted by molar-refractivity contribution is 4.86. The van der Waals surface area contributed by atoms with E-state index in [2.05, 4.69) is 36.1 Å². The Bertz CT molecular complexity index is 263. The fourth-order valence-corrected chi connectivity index (χ4v) is 3.97. The molecule has 0 atom stereocenters. The summed E-state index contributed by atoms with van der Waals surface area (Å²) in [6, 6.07) is 0. The van der Waals surface area contributed by atoms with Crippen LogP contribution in [0.15, 0.2) is 0 Å². The number of hydrogen-bond acceptors (Lipinski definition) is 3. The highest BCUT2D eigenvalue weighted by Crippen LogP contribution is 2.44. The fourth-order valence-electron chi connectivity index (χ4n) is 3.97. The molecule has 2 fully saturated rings. The lowest BCUT2D eigenvalue weighted by molar-refractivity contribution is 0.0943. The zero-order chi connectivity index (χ0) is 14.4. The SMILES string of the molecule is CCC1(CCN(C)C)CCC(CN2CCNCC2)CC1. The molecule has 0 unspecified atom stereocenters. The van der Waals surface area contributed by atoms with Crippen LogP contribution in [0.25, 0.3) is 0 Å². The van der Waals surface area contributed by atoms with Crippen molar-refractivity contribution < 1.29 is 0 Å². The van der Waals surface area contributed by atoms with Gasteiger partial charge in [0.25, 0.3) is 0 Å². The van der Waals surface area contributed by atoms with E-state index >= 15 is 0 Å². The molecule has 0 aromatic carbocycles. The summed E-state index contributed by atoms with van der Waals surface area (Å²) in [6.45, 7) is 9.92. The fraction of sp³-hybridized carbons (Fsp3) is 1.00. The summed E-state index contributed by atoms with van der Waals surface area (Å²) >= 11 is 0. The summed E-state index contributed by atoms with van der Waals surface area (Å²) < 4.78 is 0. The summed E-state index contributed by atoms with van der Waals surface area (Å²) in [6.07, 6.45) is 8.64. The van der Waals surface area contributed by atoms with Crippen molar-refractivity contribution in [2.45, 2.75) is 45.4 Å². The van der Waals surface area contributed by atoms with Crippen molar-refractivity contribution in [3.05, 3.63) is 0 Å². The van der Waals surface area contributed by atoms with Gasteiger partial charge in [-0.3, -0.25) is 0 Å². The van der Waals surface area contributed by atoms with Crippen LogP contribution in [0.1, 0.15) is 45.4 Å². The molecule has 3 heteroatoms. The first-order chi connectivity index (χ1) is 9.63. The van der Waals surface area contributed by atoms with E-state index in [4.69, 9.17) is 0 Å². The van der Waals surface area contributed by atoms with Crippen LogP contribution in [0, 0.1) is 11.3 Å². The van der Waals surface area contributed by atoms with E-state index in [-0.39, 0.29) is 0 Å². The minimum atomic E-state index is 0.657. The predicted molar refractivity (Wildman–Crippen MR) is 87.2 cm³/mol. The molecule has 3 nitrogen and oxygen atoms in total. The maximum atomic E-state index is 3.46. The van der Waals surface area contributed by atoms with Crippen LogP contribution in [0.3, 0.4) is 0 Å². The molecule has 1 heterocycles. The van der Waals surface area contributed by atoms with Crippen molar-refractivity contribution >= 4 is 0 Å². The first kappa shape index (κ1) is 16.3. The van der Waals surface area contributed by atoms with Crippen molar-refractivity contribution in [3.8, 4) is 0 Å². The Kier molecular flexibility index (Phi) is 6.31.